The summed E-state index contributed by atoms with van der Waals surface area (Å²) in [6.07, 6.45) is -0.417. The molecule has 1 atom stereocenters. The lowest BCUT2D eigenvalue weighted by Crippen LogP contribution is -2.42. The lowest BCUT2D eigenvalue weighted by molar-refractivity contribution is -0.141. The zero-order chi connectivity index (χ0) is 14.6. The number of amides is 1. The summed E-state index contributed by atoms with van der Waals surface area (Å²) in [6, 6.07) is 5.44. The van der Waals surface area contributed by atoms with E-state index in [4.69, 9.17) is 5.11 Å². The molecule has 0 radical (unpaired) electrons. The Labute approximate surface area is 112 Å². The molecular formula is C14H19NO4. The number of rotatable bonds is 5. The summed E-state index contributed by atoms with van der Waals surface area (Å²) < 4.78 is 0. The molecule has 0 aliphatic heterocycles. The van der Waals surface area contributed by atoms with Gasteiger partial charge in [0.05, 0.1) is 12.0 Å². The van der Waals surface area contributed by atoms with Gasteiger partial charge in [-0.15, -0.1) is 0 Å². The number of benzene rings is 1. The van der Waals surface area contributed by atoms with Crippen molar-refractivity contribution in [3.8, 4) is 0 Å². The van der Waals surface area contributed by atoms with Gasteiger partial charge < -0.3 is 15.5 Å². The van der Waals surface area contributed by atoms with Gasteiger partial charge in [-0.25, -0.2) is 0 Å². The number of carboxylic acids is 1. The third-order valence-corrected chi connectivity index (χ3v) is 2.79. The smallest absolute Gasteiger partial charge is 0.306 e. The molecule has 1 amide bonds. The summed E-state index contributed by atoms with van der Waals surface area (Å²) in [5.74, 6) is -1.42. The first-order valence-electron chi connectivity index (χ1n) is 6.01. The SMILES string of the molecule is Cc1ccc(C(=O)NCC(C)(O)CC(=O)O)c(C)c1. The van der Waals surface area contributed by atoms with E-state index in [2.05, 4.69) is 5.32 Å². The minimum atomic E-state index is -1.46. The second-order valence-electron chi connectivity index (χ2n) is 5.07. The summed E-state index contributed by atoms with van der Waals surface area (Å²) in [5, 5.41) is 21.0. The van der Waals surface area contributed by atoms with Gasteiger partial charge in [0.2, 0.25) is 0 Å². The van der Waals surface area contributed by atoms with Crippen LogP contribution >= 0.6 is 0 Å². The quantitative estimate of drug-likeness (QED) is 0.748. The van der Waals surface area contributed by atoms with E-state index in [0.29, 0.717) is 5.56 Å². The summed E-state index contributed by atoms with van der Waals surface area (Å²) >= 11 is 0. The monoisotopic (exact) mass is 265 g/mol. The molecule has 0 spiro atoms. The van der Waals surface area contributed by atoms with E-state index in [1.165, 1.54) is 6.92 Å². The van der Waals surface area contributed by atoms with Crippen LogP contribution in [0.1, 0.15) is 34.8 Å². The van der Waals surface area contributed by atoms with E-state index in [0.717, 1.165) is 11.1 Å². The molecule has 1 rings (SSSR count). The van der Waals surface area contributed by atoms with Crippen LogP contribution in [0, 0.1) is 13.8 Å². The van der Waals surface area contributed by atoms with Crippen LogP contribution in [0.5, 0.6) is 0 Å². The molecule has 0 aliphatic rings. The molecule has 5 nitrogen and oxygen atoms in total. The Morgan fingerprint density at radius 3 is 2.47 bits per heavy atom. The molecule has 0 aliphatic carbocycles. The van der Waals surface area contributed by atoms with Gasteiger partial charge in [-0.3, -0.25) is 9.59 Å². The van der Waals surface area contributed by atoms with E-state index in [1.54, 1.807) is 6.07 Å². The number of nitrogens with one attached hydrogen (secondary N) is 1. The predicted octanol–water partition coefficient (Wildman–Crippen LogP) is 1.26. The molecular weight excluding hydrogens is 246 g/mol. The van der Waals surface area contributed by atoms with Crippen molar-refractivity contribution in [2.75, 3.05) is 6.54 Å². The fourth-order valence-corrected chi connectivity index (χ4v) is 1.82. The van der Waals surface area contributed by atoms with E-state index >= 15 is 0 Å². The van der Waals surface area contributed by atoms with Crippen LogP contribution in [0.3, 0.4) is 0 Å². The van der Waals surface area contributed by atoms with Crippen LogP contribution in [-0.2, 0) is 4.79 Å². The van der Waals surface area contributed by atoms with Crippen molar-refractivity contribution in [2.45, 2.75) is 32.8 Å². The third-order valence-electron chi connectivity index (χ3n) is 2.79. The Morgan fingerprint density at radius 1 is 1.32 bits per heavy atom. The molecule has 1 aromatic carbocycles. The maximum Gasteiger partial charge on any atom is 0.306 e. The van der Waals surface area contributed by atoms with E-state index < -0.39 is 18.0 Å². The van der Waals surface area contributed by atoms with Crippen molar-refractivity contribution in [2.24, 2.45) is 0 Å². The average Bonchev–Trinajstić information content (AvgIpc) is 2.24. The lowest BCUT2D eigenvalue weighted by Gasteiger charge is -2.21. The van der Waals surface area contributed by atoms with Crippen LogP contribution in [0.2, 0.25) is 0 Å². The normalized spacial score (nSPS) is 13.7. The van der Waals surface area contributed by atoms with E-state index in [1.807, 2.05) is 26.0 Å². The van der Waals surface area contributed by atoms with Gasteiger partial charge in [0.15, 0.2) is 0 Å². The maximum atomic E-state index is 11.9. The highest BCUT2D eigenvalue weighted by molar-refractivity contribution is 5.95. The maximum absolute atomic E-state index is 11.9. The minimum absolute atomic E-state index is 0.106. The van der Waals surface area contributed by atoms with Crippen LogP contribution in [0.4, 0.5) is 0 Å². The zero-order valence-corrected chi connectivity index (χ0v) is 11.4. The van der Waals surface area contributed by atoms with Crippen molar-refractivity contribution in [1.82, 2.24) is 5.32 Å². The number of hydrogen-bond acceptors (Lipinski definition) is 3. The topological polar surface area (TPSA) is 86.6 Å². The van der Waals surface area contributed by atoms with Crippen LogP contribution in [0.25, 0.3) is 0 Å². The Balaban J connectivity index is 2.68. The zero-order valence-electron chi connectivity index (χ0n) is 11.4. The number of hydrogen-bond donors (Lipinski definition) is 3. The molecule has 0 saturated carbocycles. The molecule has 0 saturated heterocycles. The second-order valence-corrected chi connectivity index (χ2v) is 5.07. The molecule has 1 unspecified atom stereocenters. The fraction of sp³-hybridized carbons (Fsp3) is 0.429. The van der Waals surface area contributed by atoms with Crippen LogP contribution in [-0.4, -0.2) is 34.2 Å². The average molecular weight is 265 g/mol. The van der Waals surface area contributed by atoms with Crippen molar-refractivity contribution in [3.63, 3.8) is 0 Å². The molecule has 0 fully saturated rings. The minimum Gasteiger partial charge on any atom is -0.481 e. The van der Waals surface area contributed by atoms with Gasteiger partial charge in [0, 0.05) is 12.1 Å². The number of aliphatic hydroxyl groups is 1. The number of aryl methyl sites for hydroxylation is 2. The van der Waals surface area contributed by atoms with E-state index in [9.17, 15) is 14.7 Å². The summed E-state index contributed by atoms with van der Waals surface area (Å²) in [6.45, 7) is 5.04. The van der Waals surface area contributed by atoms with Crippen molar-refractivity contribution < 1.29 is 19.8 Å². The van der Waals surface area contributed by atoms with Gasteiger partial charge >= 0.3 is 5.97 Å². The first-order valence-corrected chi connectivity index (χ1v) is 6.01. The van der Waals surface area contributed by atoms with Crippen molar-refractivity contribution in [3.05, 3.63) is 34.9 Å². The molecule has 104 valence electrons. The first-order chi connectivity index (χ1) is 8.71. The summed E-state index contributed by atoms with van der Waals surface area (Å²) in [4.78, 5) is 22.5. The van der Waals surface area contributed by atoms with Crippen LogP contribution in [0.15, 0.2) is 18.2 Å². The summed E-state index contributed by atoms with van der Waals surface area (Å²) in [7, 11) is 0. The molecule has 0 aromatic heterocycles. The molecule has 5 heteroatoms. The van der Waals surface area contributed by atoms with Gasteiger partial charge in [0.25, 0.3) is 5.91 Å². The first kappa shape index (κ1) is 15.2. The highest BCUT2D eigenvalue weighted by Gasteiger charge is 2.25. The predicted molar refractivity (Wildman–Crippen MR) is 71.1 cm³/mol. The van der Waals surface area contributed by atoms with Crippen LogP contribution < -0.4 is 5.32 Å². The molecule has 1 aromatic rings. The molecule has 19 heavy (non-hydrogen) atoms. The number of carbonyl (C=O) groups excluding carboxylic acids is 1. The third kappa shape index (κ3) is 4.71. The number of aliphatic carboxylic acids is 1. The highest BCUT2D eigenvalue weighted by Crippen LogP contribution is 2.12. The summed E-state index contributed by atoms with van der Waals surface area (Å²) in [5.41, 5.74) is 0.971. The van der Waals surface area contributed by atoms with Gasteiger partial charge in [-0.2, -0.15) is 0 Å². The van der Waals surface area contributed by atoms with Gasteiger partial charge in [0.1, 0.15) is 0 Å². The Bertz CT molecular complexity index is 494. The Kier molecular flexibility index (Phi) is 4.67. The van der Waals surface area contributed by atoms with Gasteiger partial charge in [-0.1, -0.05) is 17.7 Å². The second kappa shape index (κ2) is 5.84. The van der Waals surface area contributed by atoms with Gasteiger partial charge in [-0.05, 0) is 32.4 Å². The van der Waals surface area contributed by atoms with Crippen molar-refractivity contribution >= 4 is 11.9 Å². The molecule has 0 bridgehead atoms. The lowest BCUT2D eigenvalue weighted by atomic mass is 10.0. The molecule has 0 heterocycles. The fourth-order valence-electron chi connectivity index (χ4n) is 1.82. The standard InChI is InChI=1S/C14H19NO4/c1-9-4-5-11(10(2)6-9)13(18)15-8-14(3,19)7-12(16)17/h4-6,19H,7-8H2,1-3H3,(H,15,18)(H,16,17). The Hall–Kier alpha value is -1.88. The number of carboxylic acid groups (broad SMARTS) is 1. The number of carbonyl (C=O) groups is 2. The molecule has 3 N–H and O–H groups in total. The highest BCUT2D eigenvalue weighted by atomic mass is 16.4. The van der Waals surface area contributed by atoms with E-state index in [-0.39, 0.29) is 12.5 Å². The Morgan fingerprint density at radius 2 is 1.95 bits per heavy atom. The largest absolute Gasteiger partial charge is 0.481 e. The van der Waals surface area contributed by atoms with Crippen molar-refractivity contribution in [1.29, 1.82) is 0 Å².